The molecule has 2 nitrogen and oxygen atoms in total. The fourth-order valence-electron chi connectivity index (χ4n) is 2.26. The monoisotopic (exact) mass is 282 g/mol. The Labute approximate surface area is 126 Å². The van der Waals surface area contributed by atoms with Gasteiger partial charge in [0.15, 0.2) is 0 Å². The lowest BCUT2D eigenvalue weighted by atomic mass is 9.91. The molecule has 0 saturated carbocycles. The molecule has 0 spiro atoms. The molecule has 0 aliphatic carbocycles. The molecule has 0 aromatic heterocycles. The van der Waals surface area contributed by atoms with Gasteiger partial charge in [0, 0.05) is 5.92 Å². The van der Waals surface area contributed by atoms with Crippen molar-refractivity contribution in [2.24, 2.45) is 5.92 Å². The molecule has 2 aromatic carbocycles. The zero-order valence-electron chi connectivity index (χ0n) is 12.4. The number of hydrogen-bond donors (Lipinski definition) is 1. The van der Waals surface area contributed by atoms with Gasteiger partial charge in [0.05, 0.1) is 19.3 Å². The van der Waals surface area contributed by atoms with Crippen molar-refractivity contribution in [2.75, 3.05) is 6.61 Å². The van der Waals surface area contributed by atoms with E-state index >= 15 is 0 Å². The van der Waals surface area contributed by atoms with Crippen LogP contribution in [0.1, 0.15) is 24.2 Å². The van der Waals surface area contributed by atoms with Crippen molar-refractivity contribution in [3.63, 3.8) is 0 Å². The van der Waals surface area contributed by atoms with Gasteiger partial charge in [0.25, 0.3) is 0 Å². The minimum absolute atomic E-state index is 0.101. The Morgan fingerprint density at radius 1 is 1.05 bits per heavy atom. The van der Waals surface area contributed by atoms with E-state index < -0.39 is 6.10 Å². The quantitative estimate of drug-likeness (QED) is 0.774. The first-order valence-electron chi connectivity index (χ1n) is 7.18. The Kier molecular flexibility index (Phi) is 5.73. The molecular formula is C19H22O2. The summed E-state index contributed by atoms with van der Waals surface area (Å²) in [6.45, 7) is 6.93. The van der Waals surface area contributed by atoms with Gasteiger partial charge in [0.1, 0.15) is 0 Å². The Balaban J connectivity index is 1.95. The van der Waals surface area contributed by atoms with E-state index in [0.29, 0.717) is 13.2 Å². The number of benzene rings is 2. The van der Waals surface area contributed by atoms with Crippen LogP contribution >= 0.6 is 0 Å². The minimum atomic E-state index is -0.584. The molecule has 0 aliphatic rings. The second-order valence-corrected chi connectivity index (χ2v) is 5.31. The lowest BCUT2D eigenvalue weighted by Gasteiger charge is -2.23. The average Bonchev–Trinajstić information content (AvgIpc) is 2.52. The summed E-state index contributed by atoms with van der Waals surface area (Å²) in [7, 11) is 0. The third-order valence-electron chi connectivity index (χ3n) is 3.56. The van der Waals surface area contributed by atoms with Gasteiger partial charge in [-0.2, -0.15) is 0 Å². The Morgan fingerprint density at radius 3 is 2.19 bits per heavy atom. The van der Waals surface area contributed by atoms with E-state index in [4.69, 9.17) is 4.74 Å². The molecule has 0 bridgehead atoms. The highest BCUT2D eigenvalue weighted by Crippen LogP contribution is 2.27. The molecule has 0 radical (unpaired) electrons. The normalized spacial score (nSPS) is 13.6. The maximum Gasteiger partial charge on any atom is 0.0877 e. The van der Waals surface area contributed by atoms with Gasteiger partial charge in [-0.05, 0) is 18.1 Å². The fourth-order valence-corrected chi connectivity index (χ4v) is 2.26. The van der Waals surface area contributed by atoms with Gasteiger partial charge in [-0.1, -0.05) is 72.8 Å². The smallest absolute Gasteiger partial charge is 0.0877 e. The molecule has 21 heavy (non-hydrogen) atoms. The van der Waals surface area contributed by atoms with Crippen molar-refractivity contribution in [1.82, 2.24) is 0 Å². The lowest BCUT2D eigenvalue weighted by Crippen LogP contribution is -2.19. The summed E-state index contributed by atoms with van der Waals surface area (Å²) in [6, 6.07) is 19.7. The Morgan fingerprint density at radius 2 is 1.62 bits per heavy atom. The number of rotatable bonds is 7. The molecule has 0 fully saturated rings. The van der Waals surface area contributed by atoms with E-state index in [1.807, 2.05) is 67.6 Å². The molecule has 0 saturated heterocycles. The van der Waals surface area contributed by atoms with Crippen LogP contribution in [0.3, 0.4) is 0 Å². The summed E-state index contributed by atoms with van der Waals surface area (Å²) in [5, 5.41) is 10.5. The minimum Gasteiger partial charge on any atom is -0.388 e. The maximum atomic E-state index is 10.5. The van der Waals surface area contributed by atoms with E-state index in [2.05, 4.69) is 6.58 Å². The highest BCUT2D eigenvalue weighted by molar-refractivity contribution is 5.20. The van der Waals surface area contributed by atoms with Gasteiger partial charge < -0.3 is 9.84 Å². The van der Waals surface area contributed by atoms with E-state index in [0.717, 1.165) is 16.7 Å². The molecule has 2 unspecified atom stereocenters. The lowest BCUT2D eigenvalue weighted by molar-refractivity contribution is 0.0355. The molecular weight excluding hydrogens is 260 g/mol. The van der Waals surface area contributed by atoms with Crippen LogP contribution in [0.5, 0.6) is 0 Å². The molecule has 110 valence electrons. The number of ether oxygens (including phenoxy) is 1. The van der Waals surface area contributed by atoms with Crippen LogP contribution in [0.15, 0.2) is 72.8 Å². The van der Waals surface area contributed by atoms with Crippen molar-refractivity contribution in [3.05, 3.63) is 83.9 Å². The van der Waals surface area contributed by atoms with Crippen LogP contribution in [0, 0.1) is 5.92 Å². The van der Waals surface area contributed by atoms with Crippen LogP contribution in [0.2, 0.25) is 0 Å². The third-order valence-corrected chi connectivity index (χ3v) is 3.56. The average molecular weight is 282 g/mol. The maximum absolute atomic E-state index is 10.5. The topological polar surface area (TPSA) is 29.5 Å². The summed E-state index contributed by atoms with van der Waals surface area (Å²) < 4.78 is 5.76. The first-order chi connectivity index (χ1) is 10.2. The number of aliphatic hydroxyl groups is 1. The fraction of sp³-hybridized carbons (Fsp3) is 0.263. The molecule has 1 N–H and O–H groups in total. The van der Waals surface area contributed by atoms with E-state index in [1.165, 1.54) is 0 Å². The van der Waals surface area contributed by atoms with E-state index in [1.54, 1.807) is 0 Å². The predicted octanol–water partition coefficient (Wildman–Crippen LogP) is 4.13. The molecule has 0 aliphatic heterocycles. The second kappa shape index (κ2) is 7.77. The summed E-state index contributed by atoms with van der Waals surface area (Å²) in [5.74, 6) is -0.101. The van der Waals surface area contributed by atoms with Crippen molar-refractivity contribution >= 4 is 0 Å². The molecule has 0 heterocycles. The van der Waals surface area contributed by atoms with Gasteiger partial charge in [-0.15, -0.1) is 0 Å². The van der Waals surface area contributed by atoms with Crippen molar-refractivity contribution < 1.29 is 9.84 Å². The van der Waals surface area contributed by atoms with Crippen LogP contribution in [0.4, 0.5) is 0 Å². The zero-order valence-corrected chi connectivity index (χ0v) is 12.4. The predicted molar refractivity (Wildman–Crippen MR) is 85.8 cm³/mol. The molecule has 0 amide bonds. The van der Waals surface area contributed by atoms with Crippen molar-refractivity contribution in [2.45, 2.75) is 19.6 Å². The van der Waals surface area contributed by atoms with Crippen molar-refractivity contribution in [1.29, 1.82) is 0 Å². The van der Waals surface area contributed by atoms with Crippen LogP contribution in [-0.4, -0.2) is 11.7 Å². The van der Waals surface area contributed by atoms with Gasteiger partial charge in [-0.3, -0.25) is 0 Å². The van der Waals surface area contributed by atoms with E-state index in [-0.39, 0.29) is 5.92 Å². The summed E-state index contributed by atoms with van der Waals surface area (Å²) in [5.41, 5.74) is 2.96. The van der Waals surface area contributed by atoms with Crippen molar-refractivity contribution in [3.8, 4) is 0 Å². The number of aliphatic hydroxyl groups excluding tert-OH is 1. The molecule has 2 atom stereocenters. The third kappa shape index (κ3) is 4.55. The van der Waals surface area contributed by atoms with Gasteiger partial charge >= 0.3 is 0 Å². The van der Waals surface area contributed by atoms with E-state index in [9.17, 15) is 5.11 Å². The van der Waals surface area contributed by atoms with Crippen LogP contribution in [0.25, 0.3) is 0 Å². The highest BCUT2D eigenvalue weighted by Gasteiger charge is 2.21. The SMILES string of the molecule is C=C(C)C(COCc1ccccc1)C(O)c1ccccc1. The molecule has 2 heteroatoms. The number of hydrogen-bond acceptors (Lipinski definition) is 2. The standard InChI is InChI=1S/C19H22O2/c1-15(2)18(19(20)17-11-7-4-8-12-17)14-21-13-16-9-5-3-6-10-16/h3-12,18-20H,1,13-14H2,2H3. The highest BCUT2D eigenvalue weighted by atomic mass is 16.5. The van der Waals surface area contributed by atoms with Gasteiger partial charge in [0.2, 0.25) is 0 Å². The Bertz CT molecular complexity index is 548. The summed E-state index contributed by atoms with van der Waals surface area (Å²) in [4.78, 5) is 0. The Hall–Kier alpha value is -1.90. The first kappa shape index (κ1) is 15.5. The summed E-state index contributed by atoms with van der Waals surface area (Å²) in [6.07, 6.45) is -0.584. The molecule has 2 aromatic rings. The van der Waals surface area contributed by atoms with Gasteiger partial charge in [-0.25, -0.2) is 0 Å². The zero-order chi connectivity index (χ0) is 15.1. The first-order valence-corrected chi connectivity index (χ1v) is 7.18. The second-order valence-electron chi connectivity index (χ2n) is 5.31. The summed E-state index contributed by atoms with van der Waals surface area (Å²) >= 11 is 0. The molecule has 2 rings (SSSR count). The largest absolute Gasteiger partial charge is 0.388 e. The van der Waals surface area contributed by atoms with Crippen LogP contribution in [-0.2, 0) is 11.3 Å². The van der Waals surface area contributed by atoms with Crippen LogP contribution < -0.4 is 0 Å².